The number of aromatic nitrogens is 2. The molecule has 24 heavy (non-hydrogen) atoms. The average Bonchev–Trinajstić information content (AvgIpc) is 2.53. The van der Waals surface area contributed by atoms with E-state index in [1.807, 2.05) is 0 Å². The maximum absolute atomic E-state index is 12.1. The lowest BCUT2D eigenvalue weighted by molar-refractivity contribution is 0.597. The Kier molecular flexibility index (Phi) is 4.40. The SMILES string of the molecule is NS(=O)(=O)c1cccc(CCc2nc3ccc(Cl)cc3c(=O)[nH]2)c1. The first-order valence-electron chi connectivity index (χ1n) is 7.13. The van der Waals surface area contributed by atoms with Gasteiger partial charge in [0.25, 0.3) is 5.56 Å². The van der Waals surface area contributed by atoms with Gasteiger partial charge in [-0.2, -0.15) is 0 Å². The van der Waals surface area contributed by atoms with Gasteiger partial charge < -0.3 is 4.98 Å². The maximum Gasteiger partial charge on any atom is 0.258 e. The van der Waals surface area contributed by atoms with Crippen molar-refractivity contribution in [3.63, 3.8) is 0 Å². The Labute approximate surface area is 143 Å². The normalized spacial score (nSPS) is 11.8. The van der Waals surface area contributed by atoms with E-state index in [1.54, 1.807) is 30.3 Å². The first-order chi connectivity index (χ1) is 11.3. The Bertz CT molecular complexity index is 1080. The number of H-pyrrole nitrogens is 1. The summed E-state index contributed by atoms with van der Waals surface area (Å²) in [5.74, 6) is 0.524. The molecule has 0 spiro atoms. The van der Waals surface area contributed by atoms with E-state index in [-0.39, 0.29) is 10.5 Å². The number of halogens is 1. The Morgan fingerprint density at radius 1 is 1.12 bits per heavy atom. The topological polar surface area (TPSA) is 106 Å². The quantitative estimate of drug-likeness (QED) is 0.739. The summed E-state index contributed by atoms with van der Waals surface area (Å²) in [6.07, 6.45) is 0.979. The molecule has 124 valence electrons. The molecule has 0 aliphatic rings. The van der Waals surface area contributed by atoms with Crippen molar-refractivity contribution in [2.75, 3.05) is 0 Å². The molecule has 2 aromatic carbocycles. The molecule has 0 fully saturated rings. The molecule has 1 heterocycles. The molecule has 0 saturated carbocycles. The van der Waals surface area contributed by atoms with E-state index < -0.39 is 10.0 Å². The molecule has 3 aromatic rings. The van der Waals surface area contributed by atoms with E-state index in [9.17, 15) is 13.2 Å². The first kappa shape index (κ1) is 16.6. The summed E-state index contributed by atoms with van der Waals surface area (Å²) in [6.45, 7) is 0. The molecule has 0 aliphatic carbocycles. The monoisotopic (exact) mass is 363 g/mol. The molecule has 3 N–H and O–H groups in total. The highest BCUT2D eigenvalue weighted by atomic mass is 35.5. The lowest BCUT2D eigenvalue weighted by Crippen LogP contribution is -2.13. The summed E-state index contributed by atoms with van der Waals surface area (Å²) in [5.41, 5.74) is 1.10. The highest BCUT2D eigenvalue weighted by molar-refractivity contribution is 7.89. The summed E-state index contributed by atoms with van der Waals surface area (Å²) in [7, 11) is -3.73. The third kappa shape index (κ3) is 3.64. The number of nitrogens with zero attached hydrogens (tertiary/aromatic N) is 1. The summed E-state index contributed by atoms with van der Waals surface area (Å²) in [5, 5.41) is 6.04. The van der Waals surface area contributed by atoms with Crippen molar-refractivity contribution in [2.45, 2.75) is 17.7 Å². The molecule has 0 amide bonds. The van der Waals surface area contributed by atoms with Crippen molar-refractivity contribution in [3.05, 3.63) is 69.2 Å². The molecule has 0 bridgehead atoms. The number of primary sulfonamides is 1. The fraction of sp³-hybridized carbons (Fsp3) is 0.125. The van der Waals surface area contributed by atoms with E-state index >= 15 is 0 Å². The van der Waals surface area contributed by atoms with E-state index in [4.69, 9.17) is 16.7 Å². The van der Waals surface area contributed by atoms with Crippen LogP contribution in [0.3, 0.4) is 0 Å². The van der Waals surface area contributed by atoms with Crippen molar-refractivity contribution in [1.82, 2.24) is 9.97 Å². The smallest absolute Gasteiger partial charge is 0.258 e. The van der Waals surface area contributed by atoms with Gasteiger partial charge in [0, 0.05) is 11.4 Å². The number of hydrogen-bond acceptors (Lipinski definition) is 4. The third-order valence-corrected chi connectivity index (χ3v) is 4.74. The zero-order chi connectivity index (χ0) is 17.3. The predicted octanol–water partition coefficient (Wildman–Crippen LogP) is 2.01. The van der Waals surface area contributed by atoms with Crippen LogP contribution in [-0.4, -0.2) is 18.4 Å². The molecule has 0 aliphatic heterocycles. The average molecular weight is 364 g/mol. The largest absolute Gasteiger partial charge is 0.310 e. The van der Waals surface area contributed by atoms with Crippen LogP contribution in [0.15, 0.2) is 52.2 Å². The van der Waals surface area contributed by atoms with Crippen molar-refractivity contribution < 1.29 is 8.42 Å². The van der Waals surface area contributed by atoms with Crippen LogP contribution in [0.5, 0.6) is 0 Å². The van der Waals surface area contributed by atoms with E-state index in [2.05, 4.69) is 9.97 Å². The predicted molar refractivity (Wildman–Crippen MR) is 92.6 cm³/mol. The summed E-state index contributed by atoms with van der Waals surface area (Å²) < 4.78 is 22.8. The Balaban J connectivity index is 1.86. The van der Waals surface area contributed by atoms with Crippen molar-refractivity contribution >= 4 is 32.5 Å². The van der Waals surface area contributed by atoms with Gasteiger partial charge in [-0.15, -0.1) is 0 Å². The van der Waals surface area contributed by atoms with Crippen LogP contribution >= 0.6 is 11.6 Å². The molecule has 0 radical (unpaired) electrons. The van der Waals surface area contributed by atoms with Gasteiger partial charge in [0.05, 0.1) is 15.8 Å². The molecular weight excluding hydrogens is 350 g/mol. The van der Waals surface area contributed by atoms with Gasteiger partial charge in [0.15, 0.2) is 0 Å². The van der Waals surface area contributed by atoms with Gasteiger partial charge in [0.1, 0.15) is 5.82 Å². The molecule has 0 unspecified atom stereocenters. The number of aromatic amines is 1. The van der Waals surface area contributed by atoms with Crippen LogP contribution in [0.1, 0.15) is 11.4 Å². The molecule has 8 heteroatoms. The molecule has 3 rings (SSSR count). The van der Waals surface area contributed by atoms with Gasteiger partial charge >= 0.3 is 0 Å². The van der Waals surface area contributed by atoms with E-state index in [0.717, 1.165) is 5.56 Å². The van der Waals surface area contributed by atoms with Gasteiger partial charge in [-0.05, 0) is 42.3 Å². The minimum atomic E-state index is -3.73. The number of benzene rings is 2. The van der Waals surface area contributed by atoms with Crippen LogP contribution in [0.25, 0.3) is 10.9 Å². The number of aryl methyl sites for hydroxylation is 2. The van der Waals surface area contributed by atoms with Crippen LogP contribution < -0.4 is 10.7 Å². The highest BCUT2D eigenvalue weighted by Crippen LogP contribution is 2.15. The fourth-order valence-corrected chi connectivity index (χ4v) is 3.17. The van der Waals surface area contributed by atoms with Gasteiger partial charge in [0.2, 0.25) is 10.0 Å². The molecule has 6 nitrogen and oxygen atoms in total. The van der Waals surface area contributed by atoms with Crippen molar-refractivity contribution in [1.29, 1.82) is 0 Å². The van der Waals surface area contributed by atoms with Crippen LogP contribution in [0.2, 0.25) is 5.02 Å². The second kappa shape index (κ2) is 6.35. The van der Waals surface area contributed by atoms with E-state index in [0.29, 0.717) is 34.6 Å². The zero-order valence-corrected chi connectivity index (χ0v) is 14.1. The summed E-state index contributed by atoms with van der Waals surface area (Å²) in [4.78, 5) is 19.3. The van der Waals surface area contributed by atoms with Gasteiger partial charge in [-0.25, -0.2) is 18.5 Å². The second-order valence-corrected chi connectivity index (χ2v) is 7.36. The zero-order valence-electron chi connectivity index (χ0n) is 12.5. The highest BCUT2D eigenvalue weighted by Gasteiger charge is 2.09. The van der Waals surface area contributed by atoms with Crippen LogP contribution in [0.4, 0.5) is 0 Å². The van der Waals surface area contributed by atoms with Crippen LogP contribution in [0, 0.1) is 0 Å². The number of nitrogens with two attached hydrogens (primary N) is 1. The lowest BCUT2D eigenvalue weighted by Gasteiger charge is -2.05. The molecule has 0 saturated heterocycles. The molecular formula is C16H14ClN3O3S. The number of rotatable bonds is 4. The minimum absolute atomic E-state index is 0.0645. The minimum Gasteiger partial charge on any atom is -0.310 e. The lowest BCUT2D eigenvalue weighted by atomic mass is 10.1. The standard InChI is InChI=1S/C16H14ClN3O3S/c17-11-5-6-14-13(9-11)16(21)20-15(19-14)7-4-10-2-1-3-12(8-10)24(18,22)23/h1-3,5-6,8-9H,4,7H2,(H2,18,22,23)(H,19,20,21). The van der Waals surface area contributed by atoms with E-state index in [1.165, 1.54) is 12.1 Å². The first-order valence-corrected chi connectivity index (χ1v) is 9.05. The Morgan fingerprint density at radius 2 is 1.92 bits per heavy atom. The third-order valence-electron chi connectivity index (χ3n) is 3.59. The number of fused-ring (bicyclic) bond motifs is 1. The Morgan fingerprint density at radius 3 is 2.67 bits per heavy atom. The number of nitrogens with one attached hydrogen (secondary N) is 1. The Hall–Kier alpha value is -2.22. The fourth-order valence-electron chi connectivity index (χ4n) is 2.42. The molecule has 1 aromatic heterocycles. The summed E-state index contributed by atoms with van der Waals surface area (Å²) in [6, 6.07) is 11.3. The van der Waals surface area contributed by atoms with Gasteiger partial charge in [-0.3, -0.25) is 4.79 Å². The van der Waals surface area contributed by atoms with Crippen molar-refractivity contribution in [2.24, 2.45) is 5.14 Å². The van der Waals surface area contributed by atoms with Crippen LogP contribution in [-0.2, 0) is 22.9 Å². The van der Waals surface area contributed by atoms with Crippen molar-refractivity contribution in [3.8, 4) is 0 Å². The maximum atomic E-state index is 12.1. The second-order valence-electron chi connectivity index (χ2n) is 5.37. The number of hydrogen-bond donors (Lipinski definition) is 2. The number of sulfonamides is 1. The summed E-state index contributed by atoms with van der Waals surface area (Å²) >= 11 is 5.88. The van der Waals surface area contributed by atoms with Gasteiger partial charge in [-0.1, -0.05) is 23.7 Å². The molecule has 0 atom stereocenters.